The maximum absolute atomic E-state index is 11.1. The molecule has 1 aromatic carbocycles. The molecule has 0 bridgehead atoms. The molecule has 0 unspecified atom stereocenters. The second-order valence-electron chi connectivity index (χ2n) is 4.04. The number of carboxylic acid groups (broad SMARTS) is 1. The van der Waals surface area contributed by atoms with Crippen molar-refractivity contribution >= 4 is 11.7 Å². The Kier molecular flexibility index (Phi) is 3.93. The highest BCUT2D eigenvalue weighted by molar-refractivity contribution is 5.78. The molecule has 1 atom stereocenters. The molecular weight excluding hydrogens is 202 g/mol. The van der Waals surface area contributed by atoms with Gasteiger partial charge in [0.05, 0.1) is 0 Å². The molecule has 16 heavy (non-hydrogen) atoms. The van der Waals surface area contributed by atoms with Gasteiger partial charge >= 0.3 is 5.97 Å². The minimum Gasteiger partial charge on any atom is -0.480 e. The van der Waals surface area contributed by atoms with Crippen molar-refractivity contribution in [3.05, 3.63) is 29.3 Å². The Morgan fingerprint density at radius 3 is 2.25 bits per heavy atom. The number of aliphatic carboxylic acids is 1. The number of hydrogen-bond acceptors (Lipinski definition) is 2. The number of nitrogens with zero attached hydrogens (tertiary/aromatic N) is 1. The fourth-order valence-corrected chi connectivity index (χ4v) is 2.02. The average Bonchev–Trinajstić information content (AvgIpc) is 2.22. The first kappa shape index (κ1) is 12.6. The van der Waals surface area contributed by atoms with Crippen LogP contribution in [0.2, 0.25) is 0 Å². The summed E-state index contributed by atoms with van der Waals surface area (Å²) in [5, 5.41) is 9.08. The molecule has 0 aliphatic heterocycles. The van der Waals surface area contributed by atoms with Crippen molar-refractivity contribution in [3.63, 3.8) is 0 Å². The molecule has 0 saturated heterocycles. The lowest BCUT2D eigenvalue weighted by molar-refractivity contribution is -0.138. The SMILES string of the molecule is CCN(c1c(C)cccc1C)[C@H](C)C(=O)O. The quantitative estimate of drug-likeness (QED) is 0.849. The third kappa shape index (κ3) is 2.35. The standard InChI is InChI=1S/C13H19NO2/c1-5-14(11(4)13(15)16)12-9(2)7-6-8-10(12)3/h6-8,11H,5H2,1-4H3,(H,15,16)/t11-/m1/s1. The molecular formula is C13H19NO2. The Morgan fingerprint density at radius 1 is 1.38 bits per heavy atom. The third-order valence-corrected chi connectivity index (χ3v) is 2.89. The molecule has 1 rings (SSSR count). The molecule has 0 radical (unpaired) electrons. The second-order valence-corrected chi connectivity index (χ2v) is 4.04. The molecule has 0 saturated carbocycles. The summed E-state index contributed by atoms with van der Waals surface area (Å²) in [7, 11) is 0. The van der Waals surface area contributed by atoms with E-state index in [-0.39, 0.29) is 0 Å². The largest absolute Gasteiger partial charge is 0.480 e. The molecule has 0 aliphatic rings. The second kappa shape index (κ2) is 5.01. The van der Waals surface area contributed by atoms with E-state index in [1.165, 1.54) is 0 Å². The lowest BCUT2D eigenvalue weighted by atomic mass is 10.1. The van der Waals surface area contributed by atoms with E-state index < -0.39 is 12.0 Å². The first-order valence-electron chi connectivity index (χ1n) is 5.54. The molecule has 0 amide bonds. The number of benzene rings is 1. The Balaban J connectivity index is 3.18. The summed E-state index contributed by atoms with van der Waals surface area (Å²) in [6.07, 6.45) is 0. The van der Waals surface area contributed by atoms with Crippen LogP contribution >= 0.6 is 0 Å². The number of carbonyl (C=O) groups is 1. The normalized spacial score (nSPS) is 12.2. The van der Waals surface area contributed by atoms with E-state index in [1.54, 1.807) is 6.92 Å². The summed E-state index contributed by atoms with van der Waals surface area (Å²) in [4.78, 5) is 13.0. The number of para-hydroxylation sites is 1. The van der Waals surface area contributed by atoms with Gasteiger partial charge in [-0.05, 0) is 38.8 Å². The van der Waals surface area contributed by atoms with Gasteiger partial charge in [0.15, 0.2) is 0 Å². The van der Waals surface area contributed by atoms with Crippen LogP contribution in [0.4, 0.5) is 5.69 Å². The number of aryl methyl sites for hydroxylation is 2. The van der Waals surface area contributed by atoms with Crippen LogP contribution in [0.1, 0.15) is 25.0 Å². The van der Waals surface area contributed by atoms with Gasteiger partial charge in [-0.2, -0.15) is 0 Å². The third-order valence-electron chi connectivity index (χ3n) is 2.89. The number of anilines is 1. The van der Waals surface area contributed by atoms with E-state index in [9.17, 15) is 4.79 Å². The van der Waals surface area contributed by atoms with Gasteiger partial charge in [0.25, 0.3) is 0 Å². The molecule has 0 heterocycles. The highest BCUT2D eigenvalue weighted by Gasteiger charge is 2.21. The molecule has 0 aromatic heterocycles. The van der Waals surface area contributed by atoms with Gasteiger partial charge in [-0.15, -0.1) is 0 Å². The van der Waals surface area contributed by atoms with Crippen LogP contribution in [0.15, 0.2) is 18.2 Å². The summed E-state index contributed by atoms with van der Waals surface area (Å²) < 4.78 is 0. The Morgan fingerprint density at radius 2 is 1.88 bits per heavy atom. The van der Waals surface area contributed by atoms with Crippen LogP contribution in [-0.4, -0.2) is 23.7 Å². The highest BCUT2D eigenvalue weighted by Crippen LogP contribution is 2.26. The molecule has 0 fully saturated rings. The number of carboxylic acids is 1. The molecule has 3 nitrogen and oxygen atoms in total. The van der Waals surface area contributed by atoms with Crippen molar-refractivity contribution in [2.75, 3.05) is 11.4 Å². The minimum absolute atomic E-state index is 0.496. The Hall–Kier alpha value is -1.51. The topological polar surface area (TPSA) is 40.5 Å². The Bertz CT molecular complexity index is 367. The maximum atomic E-state index is 11.1. The summed E-state index contributed by atoms with van der Waals surface area (Å²) in [5.41, 5.74) is 3.28. The van der Waals surface area contributed by atoms with E-state index in [0.717, 1.165) is 16.8 Å². The molecule has 1 aromatic rings. The van der Waals surface area contributed by atoms with Gasteiger partial charge in [-0.1, -0.05) is 18.2 Å². The van der Waals surface area contributed by atoms with Gasteiger partial charge in [-0.25, -0.2) is 4.79 Å². The van der Waals surface area contributed by atoms with Gasteiger partial charge in [0.1, 0.15) is 6.04 Å². The molecule has 0 aliphatic carbocycles. The predicted octanol–water partition coefficient (Wildman–Crippen LogP) is 2.60. The lowest BCUT2D eigenvalue weighted by Crippen LogP contribution is -2.39. The van der Waals surface area contributed by atoms with Crippen molar-refractivity contribution in [2.45, 2.75) is 33.7 Å². The lowest BCUT2D eigenvalue weighted by Gasteiger charge is -2.30. The summed E-state index contributed by atoms with van der Waals surface area (Å²) in [6, 6.07) is 5.52. The maximum Gasteiger partial charge on any atom is 0.326 e. The number of likely N-dealkylation sites (N-methyl/N-ethyl adjacent to an activating group) is 1. The van der Waals surface area contributed by atoms with Gasteiger partial charge in [-0.3, -0.25) is 0 Å². The van der Waals surface area contributed by atoms with Crippen LogP contribution < -0.4 is 4.90 Å². The zero-order chi connectivity index (χ0) is 12.3. The Labute approximate surface area is 96.7 Å². The zero-order valence-corrected chi connectivity index (χ0v) is 10.3. The summed E-state index contributed by atoms with van der Waals surface area (Å²) >= 11 is 0. The van der Waals surface area contributed by atoms with Crippen molar-refractivity contribution in [2.24, 2.45) is 0 Å². The van der Waals surface area contributed by atoms with Crippen molar-refractivity contribution in [3.8, 4) is 0 Å². The molecule has 0 spiro atoms. The number of hydrogen-bond donors (Lipinski definition) is 1. The van der Waals surface area contributed by atoms with Gasteiger partial charge in [0, 0.05) is 12.2 Å². The fourth-order valence-electron chi connectivity index (χ4n) is 2.02. The fraction of sp³-hybridized carbons (Fsp3) is 0.462. The average molecular weight is 221 g/mol. The van der Waals surface area contributed by atoms with E-state index in [4.69, 9.17) is 5.11 Å². The van der Waals surface area contributed by atoms with Crippen molar-refractivity contribution < 1.29 is 9.90 Å². The van der Waals surface area contributed by atoms with Crippen LogP contribution in [0, 0.1) is 13.8 Å². The van der Waals surface area contributed by atoms with Crippen LogP contribution in [0.5, 0.6) is 0 Å². The highest BCUT2D eigenvalue weighted by atomic mass is 16.4. The van der Waals surface area contributed by atoms with Crippen molar-refractivity contribution in [1.82, 2.24) is 0 Å². The summed E-state index contributed by atoms with van der Waals surface area (Å²) in [5.74, 6) is -0.787. The molecule has 1 N–H and O–H groups in total. The van der Waals surface area contributed by atoms with Crippen LogP contribution in [0.3, 0.4) is 0 Å². The van der Waals surface area contributed by atoms with E-state index in [0.29, 0.717) is 6.54 Å². The summed E-state index contributed by atoms with van der Waals surface area (Å²) in [6.45, 7) is 8.42. The monoisotopic (exact) mass is 221 g/mol. The molecule has 3 heteroatoms. The van der Waals surface area contributed by atoms with E-state index >= 15 is 0 Å². The zero-order valence-electron chi connectivity index (χ0n) is 10.3. The van der Waals surface area contributed by atoms with Gasteiger partial charge < -0.3 is 10.0 Å². The van der Waals surface area contributed by atoms with Crippen molar-refractivity contribution in [1.29, 1.82) is 0 Å². The van der Waals surface area contributed by atoms with Crippen LogP contribution in [-0.2, 0) is 4.79 Å². The molecule has 88 valence electrons. The first-order valence-corrected chi connectivity index (χ1v) is 5.54. The number of rotatable bonds is 4. The van der Waals surface area contributed by atoms with Gasteiger partial charge in [0.2, 0.25) is 0 Å². The minimum atomic E-state index is -0.787. The predicted molar refractivity (Wildman–Crippen MR) is 66.0 cm³/mol. The van der Waals surface area contributed by atoms with E-state index in [2.05, 4.69) is 0 Å². The smallest absolute Gasteiger partial charge is 0.326 e. The van der Waals surface area contributed by atoms with E-state index in [1.807, 2.05) is 43.9 Å². The first-order chi connectivity index (χ1) is 7.49. The van der Waals surface area contributed by atoms with Crippen LogP contribution in [0.25, 0.3) is 0 Å².